The van der Waals surface area contributed by atoms with Gasteiger partial charge in [0.15, 0.2) is 0 Å². The number of hydrogen-bond acceptors (Lipinski definition) is 3. The van der Waals surface area contributed by atoms with Crippen molar-refractivity contribution in [3.8, 4) is 0 Å². The number of amides is 2. The monoisotopic (exact) mass is 376 g/mol. The number of benzene rings is 2. The Balaban J connectivity index is 1.60. The Morgan fingerprint density at radius 2 is 1.96 bits per heavy atom. The Hall–Kier alpha value is -2.41. The van der Waals surface area contributed by atoms with Crippen molar-refractivity contribution < 1.29 is 18.4 Å². The van der Waals surface area contributed by atoms with E-state index in [9.17, 15) is 18.4 Å². The first-order chi connectivity index (χ1) is 12.6. The second-order valence-corrected chi connectivity index (χ2v) is 6.98. The van der Waals surface area contributed by atoms with E-state index < -0.39 is 17.5 Å². The van der Waals surface area contributed by atoms with E-state index in [2.05, 4.69) is 5.32 Å². The van der Waals surface area contributed by atoms with Crippen LogP contribution in [-0.2, 0) is 4.79 Å². The minimum atomic E-state index is -0.924. The van der Waals surface area contributed by atoms with Crippen molar-refractivity contribution >= 4 is 29.3 Å². The molecule has 1 heterocycles. The van der Waals surface area contributed by atoms with Crippen LogP contribution in [0, 0.1) is 11.6 Å². The molecule has 2 amide bonds. The number of halogens is 2. The van der Waals surface area contributed by atoms with Gasteiger partial charge in [-0.3, -0.25) is 9.59 Å². The summed E-state index contributed by atoms with van der Waals surface area (Å²) in [5, 5.41) is 2.51. The van der Waals surface area contributed by atoms with Crippen LogP contribution in [0.4, 0.5) is 14.5 Å². The van der Waals surface area contributed by atoms with Crippen LogP contribution in [0.5, 0.6) is 0 Å². The predicted octanol–water partition coefficient (Wildman–Crippen LogP) is 3.61. The number of carbonyl (C=O) groups is 2. The zero-order valence-electron chi connectivity index (χ0n) is 14.0. The molecule has 26 heavy (non-hydrogen) atoms. The molecule has 3 rings (SSSR count). The smallest absolute Gasteiger partial charge is 0.254 e. The molecule has 1 N–H and O–H groups in total. The van der Waals surface area contributed by atoms with Crippen LogP contribution in [-0.4, -0.2) is 30.7 Å². The van der Waals surface area contributed by atoms with E-state index >= 15 is 0 Å². The number of carbonyl (C=O) groups excluding carboxylic acids is 2. The molecule has 2 aromatic rings. The highest BCUT2D eigenvalue weighted by molar-refractivity contribution is 7.99. The van der Waals surface area contributed by atoms with Gasteiger partial charge in [-0.2, -0.15) is 0 Å². The molecule has 0 unspecified atom stereocenters. The third-order valence-corrected chi connectivity index (χ3v) is 5.19. The first-order valence-corrected chi connectivity index (χ1v) is 9.30. The highest BCUT2D eigenvalue weighted by atomic mass is 32.2. The third kappa shape index (κ3) is 4.22. The van der Waals surface area contributed by atoms with Gasteiger partial charge in [-0.15, -0.1) is 11.8 Å². The summed E-state index contributed by atoms with van der Waals surface area (Å²) in [6.45, 7) is 0.712. The molecule has 0 bridgehead atoms. The minimum Gasteiger partial charge on any atom is -0.351 e. The molecule has 0 radical (unpaired) electrons. The summed E-state index contributed by atoms with van der Waals surface area (Å²) in [5.74, 6) is -1.48. The number of rotatable bonds is 4. The molecule has 136 valence electrons. The van der Waals surface area contributed by atoms with Crippen LogP contribution in [0.15, 0.2) is 47.4 Å². The largest absolute Gasteiger partial charge is 0.351 e. The van der Waals surface area contributed by atoms with E-state index in [1.807, 2.05) is 24.3 Å². The molecular formula is C19H18F2N2O2S. The quantitative estimate of drug-likeness (QED) is 0.887. The molecule has 4 nitrogen and oxygen atoms in total. The van der Waals surface area contributed by atoms with Gasteiger partial charge >= 0.3 is 0 Å². The van der Waals surface area contributed by atoms with E-state index in [-0.39, 0.29) is 24.4 Å². The maximum Gasteiger partial charge on any atom is 0.254 e. The van der Waals surface area contributed by atoms with Gasteiger partial charge in [-0.1, -0.05) is 12.1 Å². The second kappa shape index (κ2) is 8.31. The molecule has 7 heteroatoms. The zero-order valence-corrected chi connectivity index (χ0v) is 14.8. The first kappa shape index (κ1) is 18.4. The number of nitrogens with one attached hydrogen (secondary N) is 1. The van der Waals surface area contributed by atoms with Gasteiger partial charge in [-0.05, 0) is 36.4 Å². The summed E-state index contributed by atoms with van der Waals surface area (Å²) in [6, 6.07) is 10.5. The van der Waals surface area contributed by atoms with E-state index in [0.29, 0.717) is 12.6 Å². The molecule has 0 saturated heterocycles. The van der Waals surface area contributed by atoms with Crippen molar-refractivity contribution in [2.45, 2.75) is 17.7 Å². The normalized spacial score (nSPS) is 13.7. The lowest BCUT2D eigenvalue weighted by molar-refractivity contribution is -0.118. The Kier molecular flexibility index (Phi) is 5.88. The fourth-order valence-electron chi connectivity index (χ4n) is 2.77. The summed E-state index contributed by atoms with van der Waals surface area (Å²) in [4.78, 5) is 27.4. The summed E-state index contributed by atoms with van der Waals surface area (Å²) in [6.07, 6.45) is 0.992. The fourth-order valence-corrected chi connectivity index (χ4v) is 3.77. The van der Waals surface area contributed by atoms with Crippen LogP contribution in [0.1, 0.15) is 23.2 Å². The molecule has 0 spiro atoms. The average molecular weight is 376 g/mol. The molecule has 0 fully saturated rings. The summed E-state index contributed by atoms with van der Waals surface area (Å²) in [5.41, 5.74) is 0.645. The Morgan fingerprint density at radius 1 is 1.15 bits per heavy atom. The van der Waals surface area contributed by atoms with Crippen molar-refractivity contribution in [2.24, 2.45) is 0 Å². The summed E-state index contributed by atoms with van der Waals surface area (Å²) >= 11 is 1.72. The number of fused-ring (bicyclic) bond motifs is 1. The van der Waals surface area contributed by atoms with E-state index in [1.165, 1.54) is 0 Å². The maximum absolute atomic E-state index is 13.6. The van der Waals surface area contributed by atoms with Gasteiger partial charge in [0, 0.05) is 30.5 Å². The Morgan fingerprint density at radius 3 is 2.77 bits per heavy atom. The SMILES string of the molecule is O=C(NCCC(=O)N1CCCSc2ccccc21)c1ccc(F)cc1F. The standard InChI is InChI=1S/C19H18F2N2O2S/c20-13-6-7-14(15(21)12-13)19(25)22-9-8-18(24)23-10-3-11-26-17-5-2-1-4-16(17)23/h1-2,4-7,12H,3,8-11H2,(H,22,25). The van der Waals surface area contributed by atoms with Crippen LogP contribution >= 0.6 is 11.8 Å². The van der Waals surface area contributed by atoms with Gasteiger partial charge in [0.2, 0.25) is 5.91 Å². The number of anilines is 1. The Bertz CT molecular complexity index is 829. The third-order valence-electron chi connectivity index (χ3n) is 4.04. The zero-order chi connectivity index (χ0) is 18.5. The summed E-state index contributed by atoms with van der Waals surface area (Å²) in [7, 11) is 0. The van der Waals surface area contributed by atoms with Crippen LogP contribution in [0.25, 0.3) is 0 Å². The number of para-hydroxylation sites is 1. The van der Waals surface area contributed by atoms with Crippen molar-refractivity contribution in [3.63, 3.8) is 0 Å². The number of hydrogen-bond donors (Lipinski definition) is 1. The number of nitrogens with zero attached hydrogens (tertiary/aromatic N) is 1. The van der Waals surface area contributed by atoms with Crippen molar-refractivity contribution in [2.75, 3.05) is 23.7 Å². The fraction of sp³-hybridized carbons (Fsp3) is 0.263. The second-order valence-electron chi connectivity index (χ2n) is 5.85. The molecule has 0 aromatic heterocycles. The van der Waals surface area contributed by atoms with Gasteiger partial charge in [0.25, 0.3) is 5.91 Å². The topological polar surface area (TPSA) is 49.4 Å². The molecular weight excluding hydrogens is 358 g/mol. The molecule has 1 aliphatic heterocycles. The molecule has 0 saturated carbocycles. The van der Waals surface area contributed by atoms with Crippen molar-refractivity contribution in [1.29, 1.82) is 0 Å². The van der Waals surface area contributed by atoms with E-state index in [4.69, 9.17) is 0 Å². The van der Waals surface area contributed by atoms with E-state index in [1.54, 1.807) is 16.7 Å². The molecule has 2 aromatic carbocycles. The Labute approximate surface area is 154 Å². The molecule has 0 aliphatic carbocycles. The van der Waals surface area contributed by atoms with Gasteiger partial charge in [-0.25, -0.2) is 8.78 Å². The lowest BCUT2D eigenvalue weighted by Crippen LogP contribution is -2.35. The maximum atomic E-state index is 13.6. The lowest BCUT2D eigenvalue weighted by atomic mass is 10.2. The average Bonchev–Trinajstić information content (AvgIpc) is 2.84. The van der Waals surface area contributed by atoms with Crippen molar-refractivity contribution in [1.82, 2.24) is 5.32 Å². The minimum absolute atomic E-state index is 0.0836. The van der Waals surface area contributed by atoms with Gasteiger partial charge in [0.1, 0.15) is 11.6 Å². The molecule has 1 aliphatic rings. The predicted molar refractivity (Wildman–Crippen MR) is 97.4 cm³/mol. The number of thioether (sulfide) groups is 1. The van der Waals surface area contributed by atoms with Crippen LogP contribution in [0.3, 0.4) is 0 Å². The van der Waals surface area contributed by atoms with Gasteiger partial charge < -0.3 is 10.2 Å². The lowest BCUT2D eigenvalue weighted by Gasteiger charge is -2.22. The highest BCUT2D eigenvalue weighted by Crippen LogP contribution is 2.33. The van der Waals surface area contributed by atoms with Gasteiger partial charge in [0.05, 0.1) is 11.3 Å². The summed E-state index contributed by atoms with van der Waals surface area (Å²) < 4.78 is 26.5. The van der Waals surface area contributed by atoms with E-state index in [0.717, 1.165) is 34.9 Å². The molecule has 0 atom stereocenters. The van der Waals surface area contributed by atoms with Crippen LogP contribution in [0.2, 0.25) is 0 Å². The van der Waals surface area contributed by atoms with Crippen molar-refractivity contribution in [3.05, 3.63) is 59.7 Å². The van der Waals surface area contributed by atoms with Crippen LogP contribution < -0.4 is 10.2 Å². The first-order valence-electron chi connectivity index (χ1n) is 8.31. The highest BCUT2D eigenvalue weighted by Gasteiger charge is 2.21.